The van der Waals surface area contributed by atoms with Crippen LogP contribution in [0.15, 0.2) is 47.4 Å². The van der Waals surface area contributed by atoms with Crippen molar-refractivity contribution in [3.05, 3.63) is 58.6 Å². The number of rotatable bonds is 4. The van der Waals surface area contributed by atoms with E-state index in [1.807, 2.05) is 29.8 Å². The Balaban J connectivity index is 0.000000559. The van der Waals surface area contributed by atoms with Crippen molar-refractivity contribution >= 4 is 43.5 Å². The van der Waals surface area contributed by atoms with Gasteiger partial charge in [-0.3, -0.25) is 0 Å². The van der Waals surface area contributed by atoms with E-state index in [1.165, 1.54) is 4.70 Å². The van der Waals surface area contributed by atoms with Crippen LogP contribution < -0.4 is 118 Å². The zero-order valence-corrected chi connectivity index (χ0v) is 24.1. The summed E-state index contributed by atoms with van der Waals surface area (Å²) in [5.74, 6) is -3.36. The summed E-state index contributed by atoms with van der Waals surface area (Å²) in [6, 6.07) is 10.6. The molecule has 8 nitrogen and oxygen atoms in total. The van der Waals surface area contributed by atoms with Crippen molar-refractivity contribution in [3.63, 3.8) is 0 Å². The second kappa shape index (κ2) is 13.1. The van der Waals surface area contributed by atoms with E-state index >= 15 is 0 Å². The van der Waals surface area contributed by atoms with Crippen LogP contribution in [-0.2, 0) is 10.0 Å². The van der Waals surface area contributed by atoms with E-state index in [9.17, 15) is 28.2 Å². The van der Waals surface area contributed by atoms with Crippen LogP contribution >= 0.6 is 11.3 Å². The van der Waals surface area contributed by atoms with Crippen molar-refractivity contribution in [1.29, 1.82) is 0 Å². The number of sulfonamides is 1. The number of thiazole rings is 1. The number of para-hydroxylation sites is 1. The summed E-state index contributed by atoms with van der Waals surface area (Å²) in [5, 5.41) is 22.3. The van der Waals surface area contributed by atoms with E-state index in [-0.39, 0.29) is 103 Å². The maximum atomic E-state index is 11.4. The summed E-state index contributed by atoms with van der Waals surface area (Å²) < 4.78 is 26.0. The van der Waals surface area contributed by atoms with Gasteiger partial charge in [0, 0.05) is 0 Å². The Morgan fingerprint density at radius 3 is 1.97 bits per heavy atom. The van der Waals surface area contributed by atoms with Crippen LogP contribution in [0.25, 0.3) is 10.2 Å². The molecule has 0 aliphatic heterocycles. The first-order valence-corrected chi connectivity index (χ1v) is 9.77. The Labute approximate surface area is 257 Å². The largest absolute Gasteiger partial charge is 1.00 e. The number of fused-ring (bicyclic) bond motifs is 1. The van der Waals surface area contributed by atoms with Crippen molar-refractivity contribution < 1.29 is 131 Å². The smallest absolute Gasteiger partial charge is 0.545 e. The third kappa shape index (κ3) is 8.48. The number of aromatic carboxylic acids is 2. The van der Waals surface area contributed by atoms with Crippen molar-refractivity contribution in [2.45, 2.75) is 11.8 Å². The minimum Gasteiger partial charge on any atom is -0.545 e. The fourth-order valence-corrected chi connectivity index (χ4v) is 3.72. The molecular formula is C17H14K2N2O6S2. The molecule has 3 aromatic rings. The van der Waals surface area contributed by atoms with Crippen molar-refractivity contribution in [3.8, 4) is 0 Å². The summed E-state index contributed by atoms with van der Waals surface area (Å²) in [4.78, 5) is 25.1. The molecule has 0 aliphatic carbocycles. The topological polar surface area (TPSA) is 139 Å². The molecule has 1 heterocycles. The van der Waals surface area contributed by atoms with Gasteiger partial charge in [-0.2, -0.15) is 0 Å². The molecule has 0 spiro atoms. The summed E-state index contributed by atoms with van der Waals surface area (Å²) in [5.41, 5.74) is 0.00560. The zero-order chi connectivity index (χ0) is 20.2. The van der Waals surface area contributed by atoms with Crippen LogP contribution in [-0.4, -0.2) is 32.4 Å². The number of carbonyl (C=O) groups is 2. The fraction of sp³-hybridized carbons (Fsp3) is 0.118. The zero-order valence-electron chi connectivity index (χ0n) is 16.3. The summed E-state index contributed by atoms with van der Waals surface area (Å²) >= 11 is 1.74. The Morgan fingerprint density at radius 1 is 1.00 bits per heavy atom. The first kappa shape index (κ1) is 29.5. The molecule has 1 aromatic heterocycles. The van der Waals surface area contributed by atoms with Crippen LogP contribution in [0.2, 0.25) is 0 Å². The molecule has 3 rings (SSSR count). The summed E-state index contributed by atoms with van der Waals surface area (Å²) in [6.07, 6.45) is 0. The number of carboxylic acid groups (broad SMARTS) is 2. The monoisotopic (exact) mass is 484 g/mol. The van der Waals surface area contributed by atoms with Crippen molar-refractivity contribution in [2.24, 2.45) is 0 Å². The average molecular weight is 485 g/mol. The quantitative estimate of drug-likeness (QED) is 0.364. The summed E-state index contributed by atoms with van der Waals surface area (Å²) in [6.45, 7) is 2.03. The van der Waals surface area contributed by atoms with E-state index in [2.05, 4.69) is 11.1 Å². The predicted octanol–water partition coefficient (Wildman–Crippen LogP) is -6.07. The molecule has 0 unspecified atom stereocenters. The molecule has 0 saturated carbocycles. The molecule has 12 heteroatoms. The number of nitrogens with one attached hydrogen (secondary N) is 1. The SMILES string of the molecule is CNS(=O)(=O)c1cc(C(=O)[O-])cc(C(=O)[O-])c1.Cc1nc2ccccc2s1.[K+].[K+]. The van der Waals surface area contributed by atoms with Gasteiger partial charge in [0.1, 0.15) is 0 Å². The maximum absolute atomic E-state index is 11.4. The minimum absolute atomic E-state index is 0. The van der Waals surface area contributed by atoms with Gasteiger partial charge >= 0.3 is 103 Å². The molecule has 29 heavy (non-hydrogen) atoms. The second-order valence-corrected chi connectivity index (χ2v) is 8.35. The third-order valence-electron chi connectivity index (χ3n) is 3.36. The molecule has 0 fully saturated rings. The van der Waals surface area contributed by atoms with Crippen LogP contribution in [0.5, 0.6) is 0 Å². The number of nitrogens with zero attached hydrogens (tertiary/aromatic N) is 1. The first-order chi connectivity index (χ1) is 12.6. The van der Waals surface area contributed by atoms with Crippen LogP contribution in [0.4, 0.5) is 0 Å². The third-order valence-corrected chi connectivity index (χ3v) is 5.70. The van der Waals surface area contributed by atoms with Gasteiger partial charge in [0.15, 0.2) is 0 Å². The number of aryl methyl sites for hydroxylation is 1. The van der Waals surface area contributed by atoms with Crippen molar-refractivity contribution in [2.75, 3.05) is 7.05 Å². The molecule has 0 bridgehead atoms. The van der Waals surface area contributed by atoms with Gasteiger partial charge in [-0.05, 0) is 55.4 Å². The van der Waals surface area contributed by atoms with Crippen molar-refractivity contribution in [1.82, 2.24) is 9.71 Å². The normalized spacial score (nSPS) is 10.1. The fourth-order valence-electron chi connectivity index (χ4n) is 2.10. The molecule has 0 saturated heterocycles. The standard InChI is InChI=1S/C9H9NO6S.C8H7NS.2K/c1-10-17(15,16)7-3-5(8(11)12)2-6(4-7)9(13)14;1-6-9-7-4-2-3-5-8(7)10-6;;/h2-4,10H,1H3,(H,11,12)(H,13,14);2-5H,1H3;;/q;;2*+1/p-2. The van der Waals surface area contributed by atoms with Gasteiger partial charge in [0.2, 0.25) is 10.0 Å². The molecule has 0 amide bonds. The van der Waals surface area contributed by atoms with Gasteiger partial charge in [0.05, 0.1) is 32.1 Å². The number of benzene rings is 2. The van der Waals surface area contributed by atoms with E-state index in [4.69, 9.17) is 0 Å². The predicted molar refractivity (Wildman–Crippen MR) is 95.7 cm³/mol. The number of hydrogen-bond donors (Lipinski definition) is 1. The van der Waals surface area contributed by atoms with Gasteiger partial charge in [-0.15, -0.1) is 11.3 Å². The van der Waals surface area contributed by atoms with E-state index in [0.717, 1.165) is 35.8 Å². The second-order valence-electron chi connectivity index (χ2n) is 5.23. The molecule has 0 atom stereocenters. The Morgan fingerprint density at radius 2 is 1.52 bits per heavy atom. The Bertz CT molecular complexity index is 1050. The van der Waals surface area contributed by atoms with Gasteiger partial charge in [0.25, 0.3) is 0 Å². The molecule has 0 radical (unpaired) electrons. The van der Waals surface area contributed by atoms with Crippen LogP contribution in [0.3, 0.4) is 0 Å². The number of aromatic nitrogens is 1. The molecular weight excluding hydrogens is 471 g/mol. The Hall–Kier alpha value is 0.453. The molecule has 2 aromatic carbocycles. The molecule has 142 valence electrons. The number of carboxylic acids is 2. The average Bonchev–Trinajstić information content (AvgIpc) is 3.01. The Kier molecular flexibility index (Phi) is 13.3. The van der Waals surface area contributed by atoms with E-state index in [1.54, 1.807) is 11.3 Å². The van der Waals surface area contributed by atoms with E-state index in [0.29, 0.717) is 0 Å². The first-order valence-electron chi connectivity index (χ1n) is 7.47. The van der Waals surface area contributed by atoms with Gasteiger partial charge < -0.3 is 19.8 Å². The molecule has 1 N–H and O–H groups in total. The summed E-state index contributed by atoms with van der Waals surface area (Å²) in [7, 11) is -2.83. The molecule has 0 aliphatic rings. The maximum Gasteiger partial charge on any atom is 1.00 e. The minimum atomic E-state index is -3.94. The number of hydrogen-bond acceptors (Lipinski definition) is 8. The van der Waals surface area contributed by atoms with Crippen LogP contribution in [0, 0.1) is 6.92 Å². The van der Waals surface area contributed by atoms with E-state index < -0.39 is 38.0 Å². The van der Waals surface area contributed by atoms with Gasteiger partial charge in [-0.25, -0.2) is 18.1 Å². The van der Waals surface area contributed by atoms with Gasteiger partial charge in [-0.1, -0.05) is 12.1 Å². The number of carbonyl (C=O) groups excluding carboxylic acids is 2. The van der Waals surface area contributed by atoms with Crippen LogP contribution in [0.1, 0.15) is 25.7 Å².